The molecule has 5 heterocycles. The van der Waals surface area contributed by atoms with E-state index in [4.69, 9.17) is 4.74 Å². The number of rotatable bonds is 6. The predicted molar refractivity (Wildman–Crippen MR) is 197 cm³/mol. The van der Waals surface area contributed by atoms with Gasteiger partial charge in [0.2, 0.25) is 5.91 Å². The van der Waals surface area contributed by atoms with Crippen LogP contribution in [-0.4, -0.2) is 78.9 Å². The fraction of sp³-hybridized carbons (Fsp3) is 0.513. The molecule has 2 bridgehead atoms. The van der Waals surface area contributed by atoms with Gasteiger partial charge in [0.25, 0.3) is 15.9 Å². The number of sulfonamides is 1. The number of piperazine rings is 1. The molecule has 3 unspecified atom stereocenters. The third-order valence-corrected chi connectivity index (χ3v) is 15.5. The average molecular weight is 728 g/mol. The van der Waals surface area contributed by atoms with Crippen molar-refractivity contribution in [3.8, 4) is 17.0 Å². The minimum Gasteiger partial charge on any atom is -0.497 e. The molecule has 4 atom stereocenters. The van der Waals surface area contributed by atoms with Crippen LogP contribution in [-0.2, 0) is 21.4 Å². The third kappa shape index (κ3) is 5.18. The van der Waals surface area contributed by atoms with E-state index in [1.54, 1.807) is 27.0 Å². The molecule has 2 aromatic heterocycles. The molecule has 9 rings (SSSR count). The second kappa shape index (κ2) is 11.9. The van der Waals surface area contributed by atoms with Gasteiger partial charge in [-0.25, -0.2) is 18.1 Å². The molecule has 2 aliphatic carbocycles. The Morgan fingerprint density at radius 1 is 1.00 bits per heavy atom. The maximum absolute atomic E-state index is 15.1. The van der Waals surface area contributed by atoms with E-state index in [1.165, 1.54) is 17.5 Å². The zero-order valence-corrected chi connectivity index (χ0v) is 31.3. The number of aryl methyl sites for hydroxylation is 2. The second-order valence-corrected chi connectivity index (χ2v) is 18.7. The van der Waals surface area contributed by atoms with Gasteiger partial charge >= 0.3 is 0 Å². The number of amides is 2. The average Bonchev–Trinajstić information content (AvgIpc) is 3.52. The smallest absolute Gasteiger partial charge is 0.275 e. The number of benzene rings is 2. The number of thiazole rings is 1. The summed E-state index contributed by atoms with van der Waals surface area (Å²) in [6.07, 6.45) is 8.57. The van der Waals surface area contributed by atoms with Gasteiger partial charge in [0.1, 0.15) is 5.75 Å². The van der Waals surface area contributed by atoms with Gasteiger partial charge in [0.15, 0.2) is 4.21 Å². The number of carbonyl (C=O) groups excluding carboxylic acids is 2. The molecule has 2 amide bonds. The molecule has 5 aliphatic rings. The molecule has 10 nitrogen and oxygen atoms in total. The van der Waals surface area contributed by atoms with Crippen molar-refractivity contribution in [1.82, 2.24) is 24.1 Å². The lowest BCUT2D eigenvalue weighted by molar-refractivity contribution is -0.143. The highest BCUT2D eigenvalue weighted by molar-refractivity contribution is 7.92. The molecular formula is C39H45N5O5S2. The lowest BCUT2D eigenvalue weighted by atomic mass is 9.81. The van der Waals surface area contributed by atoms with Crippen LogP contribution in [0.3, 0.4) is 0 Å². The van der Waals surface area contributed by atoms with Crippen LogP contribution >= 0.6 is 11.3 Å². The van der Waals surface area contributed by atoms with Gasteiger partial charge in [-0.1, -0.05) is 25.3 Å². The monoisotopic (exact) mass is 727 g/mol. The number of likely N-dealkylation sites (tertiary alicyclic amines) is 1. The van der Waals surface area contributed by atoms with E-state index in [-0.39, 0.29) is 33.7 Å². The van der Waals surface area contributed by atoms with Crippen LogP contribution in [0, 0.1) is 19.3 Å². The van der Waals surface area contributed by atoms with Crippen molar-refractivity contribution in [3.05, 3.63) is 63.8 Å². The van der Waals surface area contributed by atoms with Gasteiger partial charge in [0.05, 0.1) is 28.9 Å². The van der Waals surface area contributed by atoms with Gasteiger partial charge in [0, 0.05) is 59.7 Å². The summed E-state index contributed by atoms with van der Waals surface area (Å²) in [7, 11) is -0.262. The standard InChI is InChI=1S/C39H45N5O5S2/c1-22-37(50-23(2)40-22)51(47,48)41-36(45)25-10-14-30-33(16-25)43-21-39(38(46)44-26-11-12-27(44)20-42(3)19-26)18-32(39)31-17-28(49-4)13-15-29(31)35(43)34(30)24-8-6-5-7-9-24/h10,13-17,24,26-27,32H,5-9,11-12,18-21H2,1-4H3,(H,41,45)/t26?,27?,32-,39?/m0/s1. The zero-order chi connectivity index (χ0) is 35.4. The highest BCUT2D eigenvalue weighted by Gasteiger charge is 2.65. The van der Waals surface area contributed by atoms with E-state index >= 15 is 4.79 Å². The van der Waals surface area contributed by atoms with Crippen molar-refractivity contribution in [2.45, 2.75) is 99.9 Å². The minimum atomic E-state index is -4.11. The normalized spacial score (nSPS) is 26.0. The molecule has 3 aliphatic heterocycles. The van der Waals surface area contributed by atoms with E-state index in [9.17, 15) is 13.2 Å². The van der Waals surface area contributed by atoms with Crippen molar-refractivity contribution in [3.63, 3.8) is 0 Å². The summed E-state index contributed by atoms with van der Waals surface area (Å²) in [5, 5.41) is 1.70. The molecule has 268 valence electrons. The molecule has 2 saturated carbocycles. The van der Waals surface area contributed by atoms with Gasteiger partial charge in [-0.2, -0.15) is 0 Å². The number of nitrogens with one attached hydrogen (secondary N) is 1. The number of methoxy groups -OCH3 is 1. The summed E-state index contributed by atoms with van der Waals surface area (Å²) >= 11 is 1.06. The van der Waals surface area contributed by atoms with Crippen LogP contribution in [0.2, 0.25) is 0 Å². The zero-order valence-electron chi connectivity index (χ0n) is 29.7. The summed E-state index contributed by atoms with van der Waals surface area (Å²) in [6, 6.07) is 12.4. The third-order valence-electron chi connectivity index (χ3n) is 12.4. The fourth-order valence-electron chi connectivity index (χ4n) is 10.1. The first-order chi connectivity index (χ1) is 24.5. The summed E-state index contributed by atoms with van der Waals surface area (Å²) < 4.78 is 37.2. The van der Waals surface area contributed by atoms with E-state index in [1.807, 2.05) is 18.2 Å². The molecule has 2 saturated heterocycles. The van der Waals surface area contributed by atoms with Crippen LogP contribution < -0.4 is 9.46 Å². The molecule has 4 fully saturated rings. The van der Waals surface area contributed by atoms with Crippen LogP contribution in [0.1, 0.15) is 95.4 Å². The largest absolute Gasteiger partial charge is 0.497 e. The van der Waals surface area contributed by atoms with E-state index in [2.05, 4.69) is 43.3 Å². The minimum absolute atomic E-state index is 0.0516. The SMILES string of the molecule is COc1ccc2c(c1)[C@@H]1CC1(C(=O)N1C3CCC1CN(C)C3)Cn1c-2c(C2CCCCC2)c2ccc(C(=O)NS(=O)(=O)c3sc(C)nc3C)cc21. The van der Waals surface area contributed by atoms with Crippen LogP contribution in [0.5, 0.6) is 5.75 Å². The Bertz CT molecular complexity index is 2210. The quantitative estimate of drug-likeness (QED) is 0.246. The topological polar surface area (TPSA) is 114 Å². The Morgan fingerprint density at radius 2 is 1.75 bits per heavy atom. The lowest BCUT2D eigenvalue weighted by Crippen LogP contribution is -2.57. The number of likely N-dealkylation sites (N-methyl/N-ethyl adjacent to an activating group) is 1. The second-order valence-electron chi connectivity index (χ2n) is 15.6. The van der Waals surface area contributed by atoms with Gasteiger partial charge in [-0.15, -0.1) is 11.3 Å². The Kier molecular flexibility index (Phi) is 7.72. The van der Waals surface area contributed by atoms with E-state index in [0.29, 0.717) is 23.2 Å². The lowest BCUT2D eigenvalue weighted by Gasteiger charge is -2.41. The van der Waals surface area contributed by atoms with Crippen molar-refractivity contribution in [2.75, 3.05) is 27.2 Å². The van der Waals surface area contributed by atoms with Crippen molar-refractivity contribution < 1.29 is 22.7 Å². The first kappa shape index (κ1) is 33.1. The Labute approximate surface area is 303 Å². The highest BCUT2D eigenvalue weighted by atomic mass is 32.2. The number of hydrogen-bond acceptors (Lipinski definition) is 8. The Balaban J connectivity index is 1.20. The number of hydrogen-bond donors (Lipinski definition) is 1. The number of ether oxygens (including phenoxy) is 1. The number of aromatic nitrogens is 2. The predicted octanol–water partition coefficient (Wildman–Crippen LogP) is 6.35. The summed E-state index contributed by atoms with van der Waals surface area (Å²) in [6.45, 7) is 5.71. The molecule has 4 aromatic rings. The molecular weight excluding hydrogens is 683 g/mol. The summed E-state index contributed by atoms with van der Waals surface area (Å²) in [5.74, 6) is 0.772. The number of nitrogens with zero attached hydrogens (tertiary/aromatic N) is 4. The Hall–Kier alpha value is -3.74. The number of fused-ring (bicyclic) bond motifs is 9. The van der Waals surface area contributed by atoms with Crippen molar-refractivity contribution in [2.24, 2.45) is 5.41 Å². The molecule has 0 spiro atoms. The van der Waals surface area contributed by atoms with Gasteiger partial charge in [-0.05, 0) is 100 Å². The Morgan fingerprint density at radius 3 is 2.43 bits per heavy atom. The van der Waals surface area contributed by atoms with E-state index in [0.717, 1.165) is 97.3 Å². The van der Waals surface area contributed by atoms with Crippen molar-refractivity contribution in [1.29, 1.82) is 0 Å². The van der Waals surface area contributed by atoms with Gasteiger partial charge < -0.3 is 19.1 Å². The number of carbonyl (C=O) groups is 2. The van der Waals surface area contributed by atoms with E-state index < -0.39 is 21.3 Å². The van der Waals surface area contributed by atoms with Crippen LogP contribution in [0.4, 0.5) is 0 Å². The maximum atomic E-state index is 15.1. The molecule has 51 heavy (non-hydrogen) atoms. The summed E-state index contributed by atoms with van der Waals surface area (Å²) in [4.78, 5) is 37.7. The van der Waals surface area contributed by atoms with Crippen LogP contribution in [0.15, 0.2) is 40.6 Å². The maximum Gasteiger partial charge on any atom is 0.275 e. The first-order valence-corrected chi connectivity index (χ1v) is 20.7. The molecule has 2 aromatic carbocycles. The van der Waals surface area contributed by atoms with Crippen LogP contribution in [0.25, 0.3) is 22.2 Å². The van der Waals surface area contributed by atoms with Gasteiger partial charge in [-0.3, -0.25) is 9.59 Å². The fourth-order valence-corrected chi connectivity index (χ4v) is 12.6. The molecule has 12 heteroatoms. The summed E-state index contributed by atoms with van der Waals surface area (Å²) in [5.41, 5.74) is 5.64. The molecule has 1 N–H and O–H groups in total. The first-order valence-electron chi connectivity index (χ1n) is 18.4. The molecule has 0 radical (unpaired) electrons. The van der Waals surface area contributed by atoms with Crippen molar-refractivity contribution >= 4 is 44.1 Å². The highest BCUT2D eigenvalue weighted by Crippen LogP contribution is 2.66.